The highest BCUT2D eigenvalue weighted by molar-refractivity contribution is 6.09. The lowest BCUT2D eigenvalue weighted by Crippen LogP contribution is -2.51. The summed E-state index contributed by atoms with van der Waals surface area (Å²) >= 11 is 0. The third kappa shape index (κ3) is 11.6. The molecule has 4 atom stereocenters. The number of piperidine rings is 1. The number of primary amides is 1. The summed E-state index contributed by atoms with van der Waals surface area (Å²) in [5.74, 6) is -2.13. The third-order valence-corrected chi connectivity index (χ3v) is 12.1. The van der Waals surface area contributed by atoms with Crippen molar-refractivity contribution in [1.82, 2.24) is 16.0 Å². The van der Waals surface area contributed by atoms with E-state index in [4.69, 9.17) is 5.73 Å². The molecule has 0 saturated carbocycles. The van der Waals surface area contributed by atoms with E-state index in [1.54, 1.807) is 18.2 Å². The average Bonchev–Trinajstić information content (AvgIpc) is 3.32. The lowest BCUT2D eigenvalue weighted by atomic mass is 9.72. The molecule has 0 unspecified atom stereocenters. The van der Waals surface area contributed by atoms with Gasteiger partial charge in [-0.3, -0.25) is 49.5 Å². The van der Waals surface area contributed by atoms with Crippen LogP contribution in [0.1, 0.15) is 88.5 Å². The van der Waals surface area contributed by atoms with Crippen LogP contribution in [0.3, 0.4) is 0 Å². The summed E-state index contributed by atoms with van der Waals surface area (Å²) in [5, 5.41) is 7.10. The number of nitrogens with two attached hydrogens (primary N) is 1. The minimum absolute atomic E-state index is 0.155. The zero-order chi connectivity index (χ0) is 47.4. The molecule has 11 nitrogen and oxygen atoms in total. The van der Waals surface area contributed by atoms with Gasteiger partial charge in [-0.2, -0.15) is 0 Å². The summed E-state index contributed by atoms with van der Waals surface area (Å²) in [6.45, 7) is 18.5. The zero-order valence-corrected chi connectivity index (χ0v) is 37.2. The van der Waals surface area contributed by atoms with Crippen molar-refractivity contribution in [3.8, 4) is 0 Å². The Balaban J connectivity index is 0.000000228. The van der Waals surface area contributed by atoms with Gasteiger partial charge in [0.15, 0.2) is 0 Å². The van der Waals surface area contributed by atoms with Gasteiger partial charge in [0.25, 0.3) is 0 Å². The van der Waals surface area contributed by atoms with Gasteiger partial charge in [-0.15, -0.1) is 13.2 Å². The maximum Gasteiger partial charge on any atom is 0.250 e. The molecule has 64 heavy (non-hydrogen) atoms. The van der Waals surface area contributed by atoms with Crippen molar-refractivity contribution >= 4 is 41.4 Å². The molecule has 0 bridgehead atoms. The zero-order valence-electron chi connectivity index (χ0n) is 37.2. The van der Waals surface area contributed by atoms with E-state index in [0.717, 1.165) is 34.8 Å². The molecule has 11 heteroatoms. The van der Waals surface area contributed by atoms with Crippen molar-refractivity contribution < 1.29 is 33.6 Å². The summed E-state index contributed by atoms with van der Waals surface area (Å²) in [7, 11) is 0. The van der Waals surface area contributed by atoms with Crippen LogP contribution >= 0.6 is 0 Å². The number of carbonyl (C=O) groups is 7. The molecule has 0 aromatic heterocycles. The predicted molar refractivity (Wildman–Crippen MR) is 251 cm³/mol. The average molecular weight is 865 g/mol. The van der Waals surface area contributed by atoms with E-state index in [9.17, 15) is 33.6 Å². The first kappa shape index (κ1) is 51.1. The monoisotopic (exact) mass is 864 g/mol. The number of imide groups is 3. The van der Waals surface area contributed by atoms with Gasteiger partial charge in [0, 0.05) is 12.5 Å². The fourth-order valence-corrected chi connectivity index (χ4v) is 7.81. The van der Waals surface area contributed by atoms with Crippen LogP contribution in [-0.4, -0.2) is 41.4 Å². The third-order valence-electron chi connectivity index (χ3n) is 12.1. The van der Waals surface area contributed by atoms with Crippen molar-refractivity contribution in [2.24, 2.45) is 5.73 Å². The van der Waals surface area contributed by atoms with Gasteiger partial charge in [-0.05, 0) is 60.4 Å². The van der Waals surface area contributed by atoms with Crippen LogP contribution in [0, 0.1) is 0 Å². The molecular weight excluding hydrogens is 805 g/mol. The second-order valence-corrected chi connectivity index (χ2v) is 15.2. The second kappa shape index (κ2) is 23.8. The van der Waals surface area contributed by atoms with Gasteiger partial charge in [0.1, 0.15) is 0 Å². The fourth-order valence-electron chi connectivity index (χ4n) is 7.81. The number of amides is 7. The van der Waals surface area contributed by atoms with Crippen LogP contribution in [0.4, 0.5) is 0 Å². The van der Waals surface area contributed by atoms with Crippen molar-refractivity contribution in [3.05, 3.63) is 194 Å². The number of rotatable bonds is 13. The van der Waals surface area contributed by atoms with Gasteiger partial charge in [-0.1, -0.05) is 174 Å². The van der Waals surface area contributed by atoms with Gasteiger partial charge in [0.2, 0.25) is 41.4 Å². The smallest absolute Gasteiger partial charge is 0.250 e. The van der Waals surface area contributed by atoms with Crippen molar-refractivity contribution in [1.29, 1.82) is 0 Å². The summed E-state index contributed by atoms with van der Waals surface area (Å²) in [4.78, 5) is 81.2. The summed E-state index contributed by atoms with van der Waals surface area (Å²) in [6, 6.07) is 38.0. The Kier molecular flexibility index (Phi) is 19.0. The van der Waals surface area contributed by atoms with Crippen LogP contribution in [0.2, 0.25) is 0 Å². The first-order valence-electron chi connectivity index (χ1n) is 21.3. The predicted octanol–water partition coefficient (Wildman–Crippen LogP) is 7.67. The van der Waals surface area contributed by atoms with E-state index in [1.165, 1.54) is 6.08 Å². The van der Waals surface area contributed by atoms with Gasteiger partial charge >= 0.3 is 0 Å². The lowest BCUT2D eigenvalue weighted by Gasteiger charge is -2.34. The summed E-state index contributed by atoms with van der Waals surface area (Å²) < 4.78 is 0. The molecule has 0 radical (unpaired) electrons. The van der Waals surface area contributed by atoms with Crippen molar-refractivity contribution in [2.45, 2.75) is 87.9 Å². The maximum atomic E-state index is 12.2. The number of hydrogen-bond acceptors (Lipinski definition) is 7. The number of carbonyl (C=O) groups excluding carboxylic acids is 7. The van der Waals surface area contributed by atoms with Gasteiger partial charge < -0.3 is 5.73 Å². The molecule has 2 heterocycles. The second-order valence-electron chi connectivity index (χ2n) is 15.2. The maximum absolute atomic E-state index is 12.2. The van der Waals surface area contributed by atoms with E-state index in [1.807, 2.05) is 149 Å². The van der Waals surface area contributed by atoms with Crippen LogP contribution in [0.25, 0.3) is 0 Å². The molecule has 4 aromatic carbocycles. The highest BCUT2D eigenvalue weighted by Gasteiger charge is 2.43. The first-order valence-corrected chi connectivity index (χ1v) is 21.3. The Bertz CT molecular complexity index is 2310. The van der Waals surface area contributed by atoms with Crippen molar-refractivity contribution in [3.63, 3.8) is 0 Å². The van der Waals surface area contributed by atoms with Crippen LogP contribution < -0.4 is 21.7 Å². The highest BCUT2D eigenvalue weighted by Crippen LogP contribution is 2.36. The lowest BCUT2D eigenvalue weighted by molar-refractivity contribution is -0.138. The Morgan fingerprint density at radius 1 is 0.656 bits per heavy atom. The largest absolute Gasteiger partial charge is 0.369 e. The topological polar surface area (TPSA) is 182 Å². The first-order chi connectivity index (χ1) is 30.6. The normalized spacial score (nSPS) is 19.2. The molecule has 4 aromatic rings. The molecule has 0 spiro atoms. The molecular formula is C53H60N4O7. The molecule has 6 rings (SSSR count). The number of benzene rings is 4. The SMILES string of the molecule is C=CC(=O)NC(=O)[C@](C=C)(CC)c1ccccc1.C=C[C@](CC)(C(N)=O)c1ccccc1.CC[C@]1(c2ccccc2)C=CC(=O)NC1=O.CC[C@]1(c2ccccc2)CCC(=O)NC1=O. The van der Waals surface area contributed by atoms with Crippen LogP contribution in [0.5, 0.6) is 0 Å². The van der Waals surface area contributed by atoms with Gasteiger partial charge in [0.05, 0.1) is 21.7 Å². The van der Waals surface area contributed by atoms with Gasteiger partial charge in [-0.25, -0.2) is 0 Å². The van der Waals surface area contributed by atoms with E-state index >= 15 is 0 Å². The minimum Gasteiger partial charge on any atom is -0.369 e. The van der Waals surface area contributed by atoms with E-state index in [0.29, 0.717) is 32.1 Å². The fraction of sp³-hybridized carbons (Fsp3) is 0.264. The molecule has 1 fully saturated rings. The highest BCUT2D eigenvalue weighted by atomic mass is 16.2. The molecule has 1 saturated heterocycles. The Morgan fingerprint density at radius 3 is 1.52 bits per heavy atom. The van der Waals surface area contributed by atoms with Crippen molar-refractivity contribution in [2.75, 3.05) is 0 Å². The Hall–Kier alpha value is -7.27. The molecule has 334 valence electrons. The molecule has 5 N–H and O–H groups in total. The Labute approximate surface area is 377 Å². The molecule has 7 amide bonds. The number of hydrogen-bond donors (Lipinski definition) is 4. The summed E-state index contributed by atoms with van der Waals surface area (Å²) in [5.41, 5.74) is 6.23. The van der Waals surface area contributed by atoms with E-state index in [2.05, 4.69) is 35.7 Å². The Morgan fingerprint density at radius 2 is 1.12 bits per heavy atom. The molecule has 0 aliphatic carbocycles. The quantitative estimate of drug-likeness (QED) is 0.0604. The number of nitrogens with one attached hydrogen (secondary N) is 3. The summed E-state index contributed by atoms with van der Waals surface area (Å²) in [6.07, 6.45) is 11.0. The van der Waals surface area contributed by atoms with E-state index < -0.39 is 27.6 Å². The van der Waals surface area contributed by atoms with Crippen LogP contribution in [0.15, 0.2) is 171 Å². The standard InChI is InChI=1S/C15H17NO2.C13H15NO2.C13H13NO2.C12H15NO/c1-4-13(17)16-14(18)15(5-2,6-3)12-10-8-7-9-11-12;2*1-2-13(10-6-4-3-5-7-10)9-8-11(15)14-12(13)16;1-3-12(4-2,11(13)14)10-8-6-5-7-9-10/h4-5,7-11H,1-2,6H2,3H3,(H,16,17,18);3-7H,2,8-9H2,1H3,(H,14,15,16);3-9H,2H2,1H3,(H,14,15,16);3,5-9H,1,4H2,2H3,(H2,13,14)/t15-;2*13-;12-/m1111/s1. The van der Waals surface area contributed by atoms with E-state index in [-0.39, 0.29) is 35.4 Å². The molecule has 2 aliphatic rings. The van der Waals surface area contributed by atoms with Crippen LogP contribution in [-0.2, 0) is 55.2 Å². The molecule has 2 aliphatic heterocycles. The minimum atomic E-state index is -0.889.